The van der Waals surface area contributed by atoms with E-state index in [1.807, 2.05) is 27.7 Å². The summed E-state index contributed by atoms with van der Waals surface area (Å²) >= 11 is 0. The van der Waals surface area contributed by atoms with Gasteiger partial charge in [-0.3, -0.25) is 4.79 Å². The van der Waals surface area contributed by atoms with Crippen LogP contribution in [0.2, 0.25) is 0 Å². The van der Waals surface area contributed by atoms with Crippen molar-refractivity contribution in [2.45, 2.75) is 66.6 Å². The van der Waals surface area contributed by atoms with Crippen LogP contribution in [-0.4, -0.2) is 23.1 Å². The van der Waals surface area contributed by atoms with Crippen LogP contribution < -0.4 is 0 Å². The van der Waals surface area contributed by atoms with Gasteiger partial charge < -0.3 is 9.84 Å². The SMILES string of the molecule is CC[C@@H](O)[C@H](C)C1=C(C)C(=O)[C@H](C)[C@@H]([C@@H](C)CC)O1. The molecule has 3 heteroatoms. The smallest absolute Gasteiger partial charge is 0.168 e. The van der Waals surface area contributed by atoms with Gasteiger partial charge in [0.05, 0.1) is 12.0 Å². The third kappa shape index (κ3) is 3.19. The molecule has 0 amide bonds. The van der Waals surface area contributed by atoms with Crippen LogP contribution in [0, 0.1) is 17.8 Å². The second kappa shape index (κ2) is 6.56. The molecule has 1 N–H and O–H groups in total. The van der Waals surface area contributed by atoms with E-state index in [0.29, 0.717) is 23.7 Å². The molecule has 110 valence electrons. The summed E-state index contributed by atoms with van der Waals surface area (Å²) in [7, 11) is 0. The van der Waals surface area contributed by atoms with Crippen LogP contribution in [0.5, 0.6) is 0 Å². The van der Waals surface area contributed by atoms with E-state index in [-0.39, 0.29) is 23.7 Å². The van der Waals surface area contributed by atoms with Crippen molar-refractivity contribution in [2.75, 3.05) is 0 Å². The highest BCUT2D eigenvalue weighted by Crippen LogP contribution is 2.35. The van der Waals surface area contributed by atoms with Gasteiger partial charge in [0.1, 0.15) is 11.9 Å². The lowest BCUT2D eigenvalue weighted by atomic mass is 9.82. The Morgan fingerprint density at radius 1 is 1.26 bits per heavy atom. The van der Waals surface area contributed by atoms with Gasteiger partial charge in [-0.2, -0.15) is 0 Å². The zero-order valence-electron chi connectivity index (χ0n) is 13.1. The number of Topliss-reactive ketones (excluding diaryl/α,β-unsaturated/α-hetero) is 1. The Morgan fingerprint density at radius 3 is 2.32 bits per heavy atom. The summed E-state index contributed by atoms with van der Waals surface area (Å²) < 4.78 is 6.12. The van der Waals surface area contributed by atoms with Crippen molar-refractivity contribution in [2.24, 2.45) is 17.8 Å². The number of carbonyl (C=O) groups is 1. The number of allylic oxidation sites excluding steroid dienone is 1. The number of hydrogen-bond donors (Lipinski definition) is 1. The molecule has 0 aromatic carbocycles. The Hall–Kier alpha value is -0.830. The molecule has 3 nitrogen and oxygen atoms in total. The summed E-state index contributed by atoms with van der Waals surface area (Å²) in [6.07, 6.45) is 1.13. The van der Waals surface area contributed by atoms with Crippen molar-refractivity contribution in [1.82, 2.24) is 0 Å². The van der Waals surface area contributed by atoms with E-state index in [1.165, 1.54) is 0 Å². The van der Waals surface area contributed by atoms with Crippen LogP contribution in [0.3, 0.4) is 0 Å². The summed E-state index contributed by atoms with van der Waals surface area (Å²) in [5.74, 6) is 0.996. The third-order valence-corrected chi connectivity index (χ3v) is 4.52. The highest BCUT2D eigenvalue weighted by atomic mass is 16.5. The van der Waals surface area contributed by atoms with E-state index >= 15 is 0 Å². The van der Waals surface area contributed by atoms with Crippen molar-refractivity contribution < 1.29 is 14.6 Å². The van der Waals surface area contributed by atoms with Crippen molar-refractivity contribution in [3.8, 4) is 0 Å². The van der Waals surface area contributed by atoms with Gasteiger partial charge in [0.25, 0.3) is 0 Å². The first-order chi connectivity index (χ1) is 8.84. The van der Waals surface area contributed by atoms with Gasteiger partial charge in [-0.05, 0) is 19.3 Å². The largest absolute Gasteiger partial charge is 0.493 e. The monoisotopic (exact) mass is 268 g/mol. The van der Waals surface area contributed by atoms with Crippen LogP contribution in [0.4, 0.5) is 0 Å². The Bertz CT molecular complexity index is 359. The fraction of sp³-hybridized carbons (Fsp3) is 0.812. The van der Waals surface area contributed by atoms with E-state index in [4.69, 9.17) is 4.74 Å². The maximum Gasteiger partial charge on any atom is 0.168 e. The molecule has 0 radical (unpaired) electrons. The van der Waals surface area contributed by atoms with Crippen LogP contribution in [-0.2, 0) is 9.53 Å². The normalized spacial score (nSPS) is 28.9. The molecule has 0 aromatic rings. The van der Waals surface area contributed by atoms with Crippen LogP contribution in [0.15, 0.2) is 11.3 Å². The molecule has 1 heterocycles. The highest BCUT2D eigenvalue weighted by molar-refractivity contribution is 5.98. The molecule has 0 bridgehead atoms. The van der Waals surface area contributed by atoms with Crippen molar-refractivity contribution in [1.29, 1.82) is 0 Å². The fourth-order valence-corrected chi connectivity index (χ4v) is 2.77. The number of aliphatic hydroxyl groups is 1. The molecule has 0 saturated carbocycles. The molecule has 0 spiro atoms. The molecule has 1 aliphatic rings. The number of ether oxygens (including phenoxy) is 1. The predicted octanol–water partition coefficient (Wildman–Crippen LogP) is 3.32. The lowest BCUT2D eigenvalue weighted by Gasteiger charge is -2.37. The molecule has 1 aliphatic heterocycles. The molecule has 5 atom stereocenters. The lowest BCUT2D eigenvalue weighted by Crippen LogP contribution is -2.40. The molecule has 0 unspecified atom stereocenters. The maximum absolute atomic E-state index is 12.4. The number of hydrogen-bond acceptors (Lipinski definition) is 3. The minimum absolute atomic E-state index is 0.0669. The zero-order chi connectivity index (χ0) is 14.7. The molecule has 19 heavy (non-hydrogen) atoms. The molecule has 0 fully saturated rings. The van der Waals surface area contributed by atoms with Gasteiger partial charge in [-0.1, -0.05) is 41.0 Å². The van der Waals surface area contributed by atoms with Crippen LogP contribution in [0.25, 0.3) is 0 Å². The molecule has 0 aromatic heterocycles. The van der Waals surface area contributed by atoms with Crippen molar-refractivity contribution >= 4 is 5.78 Å². The summed E-state index contributed by atoms with van der Waals surface area (Å²) in [5, 5.41) is 10.0. The van der Waals surface area contributed by atoms with Gasteiger partial charge in [0.15, 0.2) is 5.78 Å². The Kier molecular flexibility index (Phi) is 5.60. The van der Waals surface area contributed by atoms with Gasteiger partial charge in [-0.15, -0.1) is 0 Å². The van der Waals surface area contributed by atoms with Crippen molar-refractivity contribution in [3.63, 3.8) is 0 Å². The second-order valence-electron chi connectivity index (χ2n) is 5.87. The van der Waals surface area contributed by atoms with Crippen molar-refractivity contribution in [3.05, 3.63) is 11.3 Å². The minimum Gasteiger partial charge on any atom is -0.493 e. The van der Waals surface area contributed by atoms with E-state index in [1.54, 1.807) is 0 Å². The first-order valence-corrected chi connectivity index (χ1v) is 7.44. The Labute approximate surface area is 117 Å². The fourth-order valence-electron chi connectivity index (χ4n) is 2.77. The van der Waals surface area contributed by atoms with Gasteiger partial charge >= 0.3 is 0 Å². The molecular weight excluding hydrogens is 240 g/mol. The first-order valence-electron chi connectivity index (χ1n) is 7.44. The van der Waals surface area contributed by atoms with E-state index < -0.39 is 6.10 Å². The zero-order valence-corrected chi connectivity index (χ0v) is 13.1. The predicted molar refractivity (Wildman–Crippen MR) is 76.7 cm³/mol. The quantitative estimate of drug-likeness (QED) is 0.832. The van der Waals surface area contributed by atoms with E-state index in [9.17, 15) is 9.90 Å². The lowest BCUT2D eigenvalue weighted by molar-refractivity contribution is -0.128. The maximum atomic E-state index is 12.4. The minimum atomic E-state index is -0.455. The van der Waals surface area contributed by atoms with E-state index in [0.717, 1.165) is 6.42 Å². The van der Waals surface area contributed by atoms with E-state index in [2.05, 4.69) is 13.8 Å². The highest BCUT2D eigenvalue weighted by Gasteiger charge is 2.38. The number of ketones is 1. The molecular formula is C16H28O3. The standard InChI is InChI=1S/C16H28O3/c1-7-9(3)15-11(5)14(18)12(6)16(19-15)10(4)13(17)8-2/h9-11,13,15,17H,7-8H2,1-6H3/t9-,10-,11-,13+,15+/m0/s1. The number of rotatable bonds is 5. The summed E-state index contributed by atoms with van der Waals surface area (Å²) in [4.78, 5) is 12.4. The van der Waals surface area contributed by atoms with Gasteiger partial charge in [-0.25, -0.2) is 0 Å². The summed E-state index contributed by atoms with van der Waals surface area (Å²) in [6, 6.07) is 0. The van der Waals surface area contributed by atoms with Crippen LogP contribution >= 0.6 is 0 Å². The summed E-state index contributed by atoms with van der Waals surface area (Å²) in [6.45, 7) is 11.9. The van der Waals surface area contributed by atoms with Gasteiger partial charge in [0.2, 0.25) is 0 Å². The Balaban J connectivity index is 3.06. The topological polar surface area (TPSA) is 46.5 Å². The third-order valence-electron chi connectivity index (χ3n) is 4.52. The van der Waals surface area contributed by atoms with Gasteiger partial charge in [0, 0.05) is 11.5 Å². The molecule has 1 rings (SSSR count). The number of aliphatic hydroxyl groups excluding tert-OH is 1. The van der Waals surface area contributed by atoms with Crippen LogP contribution in [0.1, 0.15) is 54.4 Å². The average Bonchev–Trinajstić information content (AvgIpc) is 2.42. The second-order valence-corrected chi connectivity index (χ2v) is 5.87. The molecule has 0 aliphatic carbocycles. The molecule has 0 saturated heterocycles. The number of carbonyl (C=O) groups excluding carboxylic acids is 1. The summed E-state index contributed by atoms with van der Waals surface area (Å²) in [5.41, 5.74) is 0.687. The first kappa shape index (κ1) is 16.2. The average molecular weight is 268 g/mol. The Morgan fingerprint density at radius 2 is 1.84 bits per heavy atom.